The van der Waals surface area contributed by atoms with Crippen molar-refractivity contribution in [2.45, 2.75) is 13.0 Å². The van der Waals surface area contributed by atoms with E-state index in [-0.39, 0.29) is 11.3 Å². The van der Waals surface area contributed by atoms with E-state index in [2.05, 4.69) is 32.1 Å². The van der Waals surface area contributed by atoms with Gasteiger partial charge in [0.05, 0.1) is 36.4 Å². The second-order valence-electron chi connectivity index (χ2n) is 6.77. The quantitative estimate of drug-likeness (QED) is 0.661. The third-order valence-electron chi connectivity index (χ3n) is 4.77. The molecule has 0 amide bonds. The predicted molar refractivity (Wildman–Crippen MR) is 110 cm³/mol. The Bertz CT molecular complexity index is 967. The van der Waals surface area contributed by atoms with Gasteiger partial charge in [0.25, 0.3) is 0 Å². The zero-order valence-electron chi connectivity index (χ0n) is 15.9. The third-order valence-corrected chi connectivity index (χ3v) is 4.94. The molecular weight excluding hydrogens is 378 g/mol. The second-order valence-corrected chi connectivity index (χ2v) is 7.11. The molecule has 0 unspecified atom stereocenters. The summed E-state index contributed by atoms with van der Waals surface area (Å²) in [6.07, 6.45) is 3.35. The molecule has 1 N–H and O–H groups in total. The van der Waals surface area contributed by atoms with E-state index >= 15 is 0 Å². The molecule has 4 rings (SSSR count). The number of aromatic nitrogens is 3. The van der Waals surface area contributed by atoms with E-state index in [4.69, 9.17) is 21.1 Å². The van der Waals surface area contributed by atoms with Crippen LogP contribution in [-0.2, 0) is 0 Å². The van der Waals surface area contributed by atoms with Crippen molar-refractivity contribution in [3.63, 3.8) is 0 Å². The lowest BCUT2D eigenvalue weighted by molar-refractivity contribution is 0.256. The Kier molecular flexibility index (Phi) is 5.45. The van der Waals surface area contributed by atoms with Crippen LogP contribution in [-0.4, -0.2) is 54.3 Å². The van der Waals surface area contributed by atoms with E-state index in [0.717, 1.165) is 36.6 Å². The Balaban J connectivity index is 1.55. The summed E-state index contributed by atoms with van der Waals surface area (Å²) in [6.45, 7) is 4.98. The van der Waals surface area contributed by atoms with Crippen molar-refractivity contribution >= 4 is 28.3 Å². The van der Waals surface area contributed by atoms with Gasteiger partial charge in [0.2, 0.25) is 5.28 Å². The van der Waals surface area contributed by atoms with Crippen molar-refractivity contribution < 1.29 is 9.47 Å². The van der Waals surface area contributed by atoms with Crippen LogP contribution in [0.15, 0.2) is 36.7 Å². The number of fused-ring (bicyclic) bond motifs is 1. The number of hydrogen-bond acceptors (Lipinski definition) is 7. The molecule has 3 aromatic rings. The predicted octanol–water partition coefficient (Wildman–Crippen LogP) is 2.85. The topological polar surface area (TPSA) is 72.4 Å². The maximum atomic E-state index is 6.17. The minimum absolute atomic E-state index is 0.159. The molecule has 3 heterocycles. The van der Waals surface area contributed by atoms with E-state index in [1.54, 1.807) is 19.5 Å². The molecule has 28 heavy (non-hydrogen) atoms. The fraction of sp³-hybridized carbons (Fsp3) is 0.350. The number of benzene rings is 1. The van der Waals surface area contributed by atoms with E-state index in [1.165, 1.54) is 5.56 Å². The molecule has 0 radical (unpaired) electrons. The highest BCUT2D eigenvalue weighted by Crippen LogP contribution is 2.32. The van der Waals surface area contributed by atoms with Gasteiger partial charge in [-0.15, -0.1) is 0 Å². The van der Waals surface area contributed by atoms with Crippen molar-refractivity contribution in [1.29, 1.82) is 0 Å². The number of ether oxygens (including phenoxy) is 2. The summed E-state index contributed by atoms with van der Waals surface area (Å²) in [5.74, 6) is 2.26. The maximum absolute atomic E-state index is 6.17. The number of aryl methyl sites for hydroxylation is 1. The average molecular weight is 400 g/mol. The molecule has 2 aromatic heterocycles. The highest BCUT2D eigenvalue weighted by Gasteiger charge is 2.24. The second kappa shape index (κ2) is 8.16. The number of pyridine rings is 1. The normalized spacial score (nSPS) is 17.0. The Morgan fingerprint density at radius 2 is 2.04 bits per heavy atom. The average Bonchev–Trinajstić information content (AvgIpc) is 2.72. The molecule has 0 saturated carbocycles. The highest BCUT2D eigenvalue weighted by molar-refractivity contribution is 6.29. The molecule has 1 atom stereocenters. The van der Waals surface area contributed by atoms with Gasteiger partial charge in [0.1, 0.15) is 23.9 Å². The van der Waals surface area contributed by atoms with Crippen LogP contribution < -0.4 is 19.7 Å². The number of piperazine rings is 1. The first-order valence-electron chi connectivity index (χ1n) is 9.17. The zero-order chi connectivity index (χ0) is 19.5. The van der Waals surface area contributed by atoms with Crippen molar-refractivity contribution in [2.75, 3.05) is 38.3 Å². The highest BCUT2D eigenvalue weighted by atomic mass is 35.5. The summed E-state index contributed by atoms with van der Waals surface area (Å²) >= 11 is 6.17. The molecule has 0 bridgehead atoms. The monoisotopic (exact) mass is 399 g/mol. The van der Waals surface area contributed by atoms with E-state index in [9.17, 15) is 0 Å². The molecular formula is C20H22ClN5O2. The number of nitrogens with zero attached hydrogens (tertiary/aromatic N) is 4. The van der Waals surface area contributed by atoms with Crippen LogP contribution in [0.2, 0.25) is 5.28 Å². The molecule has 1 aliphatic rings. The lowest BCUT2D eigenvalue weighted by atomic mass is 10.2. The molecule has 1 aliphatic heterocycles. The summed E-state index contributed by atoms with van der Waals surface area (Å²) in [7, 11) is 1.62. The van der Waals surface area contributed by atoms with Crippen molar-refractivity contribution in [2.24, 2.45) is 0 Å². The Morgan fingerprint density at radius 3 is 2.82 bits per heavy atom. The van der Waals surface area contributed by atoms with Gasteiger partial charge in [-0.2, -0.15) is 4.98 Å². The number of anilines is 1. The maximum Gasteiger partial charge on any atom is 0.224 e. The smallest absolute Gasteiger partial charge is 0.224 e. The van der Waals surface area contributed by atoms with Crippen LogP contribution in [0.4, 0.5) is 5.82 Å². The Labute approximate surface area is 168 Å². The minimum atomic E-state index is 0.159. The molecule has 7 nitrogen and oxygen atoms in total. The Hall–Kier alpha value is -2.64. The fourth-order valence-electron chi connectivity index (χ4n) is 3.35. The van der Waals surface area contributed by atoms with Gasteiger partial charge >= 0.3 is 0 Å². The molecule has 8 heteroatoms. The molecule has 1 saturated heterocycles. The van der Waals surface area contributed by atoms with Crippen molar-refractivity contribution in [3.8, 4) is 11.5 Å². The number of hydrogen-bond donors (Lipinski definition) is 1. The summed E-state index contributed by atoms with van der Waals surface area (Å²) in [5.41, 5.74) is 1.88. The third kappa shape index (κ3) is 3.95. The van der Waals surface area contributed by atoms with Gasteiger partial charge in [-0.3, -0.25) is 4.98 Å². The molecule has 1 fully saturated rings. The largest absolute Gasteiger partial charge is 0.494 e. The molecule has 146 valence electrons. The van der Waals surface area contributed by atoms with Gasteiger partial charge in [0, 0.05) is 19.6 Å². The summed E-state index contributed by atoms with van der Waals surface area (Å²) in [4.78, 5) is 15.1. The van der Waals surface area contributed by atoms with Crippen LogP contribution in [0, 0.1) is 6.92 Å². The number of nitrogens with one attached hydrogen (secondary N) is 1. The van der Waals surface area contributed by atoms with E-state index in [0.29, 0.717) is 17.9 Å². The van der Waals surface area contributed by atoms with Crippen LogP contribution in [0.1, 0.15) is 5.56 Å². The van der Waals surface area contributed by atoms with Gasteiger partial charge in [-0.25, -0.2) is 4.98 Å². The van der Waals surface area contributed by atoms with Crippen molar-refractivity contribution in [3.05, 3.63) is 47.5 Å². The first-order valence-corrected chi connectivity index (χ1v) is 9.55. The lowest BCUT2D eigenvalue weighted by Crippen LogP contribution is -2.53. The van der Waals surface area contributed by atoms with Gasteiger partial charge < -0.3 is 19.7 Å². The molecule has 0 aliphatic carbocycles. The van der Waals surface area contributed by atoms with Gasteiger partial charge in [0.15, 0.2) is 0 Å². The number of rotatable bonds is 5. The number of halogens is 1. The van der Waals surface area contributed by atoms with Crippen LogP contribution in [0.25, 0.3) is 10.9 Å². The summed E-state index contributed by atoms with van der Waals surface area (Å²) in [5, 5.41) is 4.52. The summed E-state index contributed by atoms with van der Waals surface area (Å²) in [6, 6.07) is 8.24. The van der Waals surface area contributed by atoms with E-state index < -0.39 is 0 Å². The van der Waals surface area contributed by atoms with Crippen LogP contribution in [0.3, 0.4) is 0 Å². The lowest BCUT2D eigenvalue weighted by Gasteiger charge is -2.35. The van der Waals surface area contributed by atoms with E-state index in [1.807, 2.05) is 24.3 Å². The van der Waals surface area contributed by atoms with Crippen LogP contribution in [0.5, 0.6) is 11.5 Å². The van der Waals surface area contributed by atoms with Gasteiger partial charge in [-0.05, 0) is 30.7 Å². The minimum Gasteiger partial charge on any atom is -0.494 e. The Morgan fingerprint density at radius 1 is 1.21 bits per heavy atom. The van der Waals surface area contributed by atoms with Crippen molar-refractivity contribution in [1.82, 2.24) is 20.3 Å². The SMILES string of the molecule is COc1cncc2nc(Cl)nc(N3CCN[C@@H](COc4ccc(C)cc4)C3)c12. The number of methoxy groups -OCH3 is 1. The molecule has 1 aromatic carbocycles. The standard InChI is InChI=1S/C20H22ClN5O2/c1-13-3-5-15(6-4-13)28-12-14-11-26(8-7-23-14)19-18-16(24-20(21)25-19)9-22-10-17(18)27-2/h3-6,9-10,14,23H,7-8,11-12H2,1-2H3/t14-/m1/s1. The summed E-state index contributed by atoms with van der Waals surface area (Å²) < 4.78 is 11.4. The van der Waals surface area contributed by atoms with Crippen LogP contribution >= 0.6 is 11.6 Å². The zero-order valence-corrected chi connectivity index (χ0v) is 16.6. The molecule has 0 spiro atoms. The first kappa shape index (κ1) is 18.7. The fourth-order valence-corrected chi connectivity index (χ4v) is 3.52. The first-order chi connectivity index (χ1) is 13.6. The van der Waals surface area contributed by atoms with Gasteiger partial charge in [-0.1, -0.05) is 17.7 Å².